The standard InChI is InChI=1S/C29H17Br2N5/c30-24-14-23(15-25(31)16-24)29-35-27(19-7-5-18(6-8-19)22-4-1-11-32-17-22)34-28(36-29)21-9-10-26-20(13-21)3-2-12-33-26/h1-17H. The van der Waals surface area contributed by atoms with Gasteiger partial charge in [0.25, 0.3) is 0 Å². The molecule has 7 heteroatoms. The van der Waals surface area contributed by atoms with Crippen LogP contribution in [-0.2, 0) is 0 Å². The molecule has 0 aliphatic heterocycles. The molecule has 0 spiro atoms. The quantitative estimate of drug-likeness (QED) is 0.207. The van der Waals surface area contributed by atoms with Gasteiger partial charge in [0, 0.05) is 49.6 Å². The summed E-state index contributed by atoms with van der Waals surface area (Å²) in [5, 5.41) is 1.03. The molecule has 3 aromatic heterocycles. The zero-order valence-corrected chi connectivity index (χ0v) is 22.0. The summed E-state index contributed by atoms with van der Waals surface area (Å²) in [6, 6.07) is 28.2. The highest BCUT2D eigenvalue weighted by Crippen LogP contribution is 2.30. The van der Waals surface area contributed by atoms with Crippen LogP contribution in [0.3, 0.4) is 0 Å². The summed E-state index contributed by atoms with van der Waals surface area (Å²) < 4.78 is 1.88. The third-order valence-corrected chi connectivity index (χ3v) is 6.67. The van der Waals surface area contributed by atoms with E-state index < -0.39 is 0 Å². The summed E-state index contributed by atoms with van der Waals surface area (Å²) >= 11 is 7.16. The van der Waals surface area contributed by atoms with E-state index in [0.717, 1.165) is 47.7 Å². The van der Waals surface area contributed by atoms with Crippen molar-refractivity contribution in [1.29, 1.82) is 0 Å². The second kappa shape index (κ2) is 9.68. The molecule has 3 aromatic carbocycles. The lowest BCUT2D eigenvalue weighted by Crippen LogP contribution is -2.00. The number of benzene rings is 3. The number of aromatic nitrogens is 5. The Kier molecular flexibility index (Phi) is 6.09. The van der Waals surface area contributed by atoms with Gasteiger partial charge in [-0.25, -0.2) is 15.0 Å². The minimum Gasteiger partial charge on any atom is -0.264 e. The zero-order valence-electron chi connectivity index (χ0n) is 18.8. The molecule has 36 heavy (non-hydrogen) atoms. The van der Waals surface area contributed by atoms with E-state index in [1.807, 2.05) is 72.9 Å². The van der Waals surface area contributed by atoms with Gasteiger partial charge in [-0.1, -0.05) is 68.3 Å². The molecule has 6 aromatic rings. The maximum Gasteiger partial charge on any atom is 0.164 e. The average Bonchev–Trinajstić information content (AvgIpc) is 2.92. The smallest absolute Gasteiger partial charge is 0.164 e. The third kappa shape index (κ3) is 4.67. The normalized spacial score (nSPS) is 11.1. The Morgan fingerprint density at radius 3 is 1.86 bits per heavy atom. The van der Waals surface area contributed by atoms with Crippen LogP contribution in [0.4, 0.5) is 0 Å². The molecular formula is C29H17Br2N5. The number of fused-ring (bicyclic) bond motifs is 1. The van der Waals surface area contributed by atoms with Crippen molar-refractivity contribution in [1.82, 2.24) is 24.9 Å². The van der Waals surface area contributed by atoms with E-state index in [9.17, 15) is 0 Å². The van der Waals surface area contributed by atoms with Crippen LogP contribution in [0.25, 0.3) is 56.2 Å². The van der Waals surface area contributed by atoms with E-state index in [-0.39, 0.29) is 0 Å². The molecule has 0 unspecified atom stereocenters. The number of hydrogen-bond donors (Lipinski definition) is 0. The molecule has 0 radical (unpaired) electrons. The Hall–Kier alpha value is -3.81. The fraction of sp³-hybridized carbons (Fsp3) is 0. The van der Waals surface area contributed by atoms with Gasteiger partial charge < -0.3 is 0 Å². The van der Waals surface area contributed by atoms with Crippen LogP contribution >= 0.6 is 31.9 Å². The highest BCUT2D eigenvalue weighted by atomic mass is 79.9. The first-order valence-corrected chi connectivity index (χ1v) is 12.8. The summed E-state index contributed by atoms with van der Waals surface area (Å²) in [6.07, 6.45) is 5.42. The number of pyridine rings is 2. The molecule has 0 saturated carbocycles. The van der Waals surface area contributed by atoms with Crippen molar-refractivity contribution in [2.75, 3.05) is 0 Å². The molecule has 0 amide bonds. The number of nitrogens with zero attached hydrogens (tertiary/aromatic N) is 5. The molecule has 6 rings (SSSR count). The van der Waals surface area contributed by atoms with E-state index in [1.54, 1.807) is 12.4 Å². The average molecular weight is 595 g/mol. The van der Waals surface area contributed by atoms with Gasteiger partial charge in [0.1, 0.15) is 0 Å². The minimum absolute atomic E-state index is 0.597. The first kappa shape index (κ1) is 22.6. The highest BCUT2D eigenvalue weighted by Gasteiger charge is 2.14. The van der Waals surface area contributed by atoms with Crippen molar-refractivity contribution in [3.05, 3.63) is 112 Å². The second-order valence-corrected chi connectivity index (χ2v) is 10.0. The van der Waals surface area contributed by atoms with Gasteiger partial charge in [0.2, 0.25) is 0 Å². The number of hydrogen-bond acceptors (Lipinski definition) is 5. The SMILES string of the molecule is Brc1cc(Br)cc(-c2nc(-c3ccc(-c4cccnc4)cc3)nc(-c3ccc4ncccc4c3)n2)c1. The van der Waals surface area contributed by atoms with Crippen LogP contribution in [0, 0.1) is 0 Å². The summed E-state index contributed by atoms with van der Waals surface area (Å²) in [5.74, 6) is 1.81. The molecule has 0 atom stereocenters. The second-order valence-electron chi connectivity index (χ2n) is 8.19. The van der Waals surface area contributed by atoms with Crippen LogP contribution in [0.15, 0.2) is 112 Å². The Morgan fingerprint density at radius 2 is 1.14 bits per heavy atom. The Morgan fingerprint density at radius 1 is 0.500 bits per heavy atom. The Labute approximate surface area is 224 Å². The van der Waals surface area contributed by atoms with E-state index in [0.29, 0.717) is 17.5 Å². The van der Waals surface area contributed by atoms with Gasteiger partial charge >= 0.3 is 0 Å². The first-order chi connectivity index (χ1) is 17.6. The molecule has 0 N–H and O–H groups in total. The van der Waals surface area contributed by atoms with Crippen LogP contribution in [0.1, 0.15) is 0 Å². The van der Waals surface area contributed by atoms with Crippen molar-refractivity contribution < 1.29 is 0 Å². The first-order valence-electron chi connectivity index (χ1n) is 11.2. The number of rotatable bonds is 4. The fourth-order valence-corrected chi connectivity index (χ4v) is 5.30. The monoisotopic (exact) mass is 593 g/mol. The van der Waals surface area contributed by atoms with Crippen LogP contribution in [0.5, 0.6) is 0 Å². The van der Waals surface area contributed by atoms with Gasteiger partial charge in [-0.15, -0.1) is 0 Å². The molecular weight excluding hydrogens is 578 g/mol. The van der Waals surface area contributed by atoms with Crippen LogP contribution in [0.2, 0.25) is 0 Å². The van der Waals surface area contributed by atoms with Gasteiger partial charge in [0.05, 0.1) is 5.52 Å². The molecule has 5 nitrogen and oxygen atoms in total. The van der Waals surface area contributed by atoms with E-state index in [1.165, 1.54) is 0 Å². The molecule has 0 saturated heterocycles. The highest BCUT2D eigenvalue weighted by molar-refractivity contribution is 9.11. The van der Waals surface area contributed by atoms with E-state index in [2.05, 4.69) is 60.0 Å². The largest absolute Gasteiger partial charge is 0.264 e. The van der Waals surface area contributed by atoms with Gasteiger partial charge in [-0.3, -0.25) is 9.97 Å². The van der Waals surface area contributed by atoms with E-state index in [4.69, 9.17) is 15.0 Å². The molecule has 0 fully saturated rings. The van der Waals surface area contributed by atoms with Crippen molar-refractivity contribution in [3.8, 4) is 45.3 Å². The molecule has 0 aliphatic carbocycles. The van der Waals surface area contributed by atoms with Gasteiger partial charge in [0.15, 0.2) is 17.5 Å². The Bertz CT molecular complexity index is 1680. The number of halogens is 2. The lowest BCUT2D eigenvalue weighted by atomic mass is 10.1. The molecule has 172 valence electrons. The van der Waals surface area contributed by atoms with Crippen molar-refractivity contribution >= 4 is 42.8 Å². The zero-order chi connectivity index (χ0) is 24.5. The molecule has 0 aliphatic rings. The van der Waals surface area contributed by atoms with E-state index >= 15 is 0 Å². The van der Waals surface area contributed by atoms with Gasteiger partial charge in [-0.05, 0) is 59.7 Å². The maximum atomic E-state index is 4.88. The lowest BCUT2D eigenvalue weighted by Gasteiger charge is -2.10. The molecule has 0 bridgehead atoms. The van der Waals surface area contributed by atoms with Crippen LogP contribution < -0.4 is 0 Å². The van der Waals surface area contributed by atoms with Gasteiger partial charge in [-0.2, -0.15) is 0 Å². The summed E-state index contributed by atoms with van der Waals surface area (Å²) in [4.78, 5) is 23.2. The minimum atomic E-state index is 0.597. The maximum absolute atomic E-state index is 4.88. The van der Waals surface area contributed by atoms with Crippen molar-refractivity contribution in [3.63, 3.8) is 0 Å². The predicted molar refractivity (Wildman–Crippen MR) is 150 cm³/mol. The van der Waals surface area contributed by atoms with Crippen LogP contribution in [-0.4, -0.2) is 24.9 Å². The predicted octanol–water partition coefficient (Wildman–Crippen LogP) is 8.01. The fourth-order valence-electron chi connectivity index (χ4n) is 4.01. The molecule has 3 heterocycles. The lowest BCUT2D eigenvalue weighted by molar-refractivity contribution is 1.07. The summed E-state index contributed by atoms with van der Waals surface area (Å²) in [6.45, 7) is 0. The topological polar surface area (TPSA) is 64.5 Å². The van der Waals surface area contributed by atoms with Crippen molar-refractivity contribution in [2.45, 2.75) is 0 Å². The third-order valence-electron chi connectivity index (χ3n) is 5.76. The Balaban J connectivity index is 1.50. The van der Waals surface area contributed by atoms with Crippen molar-refractivity contribution in [2.24, 2.45) is 0 Å². The summed E-state index contributed by atoms with van der Waals surface area (Å²) in [7, 11) is 0. The summed E-state index contributed by atoms with van der Waals surface area (Å²) in [5.41, 5.74) is 5.77.